The Labute approximate surface area is 109 Å². The van der Waals surface area contributed by atoms with Gasteiger partial charge in [-0.25, -0.2) is 9.59 Å². The maximum absolute atomic E-state index is 11.4. The highest BCUT2D eigenvalue weighted by Gasteiger charge is 2.08. The van der Waals surface area contributed by atoms with Gasteiger partial charge in [0.25, 0.3) is 5.91 Å². The fraction of sp³-hybridized carbons (Fsp3) is 0.273. The number of nitrogens with zero attached hydrogens (tertiary/aromatic N) is 2. The zero-order valence-corrected chi connectivity index (χ0v) is 10.5. The molecule has 0 atom stereocenters. The van der Waals surface area contributed by atoms with Gasteiger partial charge in [0, 0.05) is 24.4 Å². The van der Waals surface area contributed by atoms with Crippen LogP contribution in [0.5, 0.6) is 0 Å². The van der Waals surface area contributed by atoms with Crippen molar-refractivity contribution in [3.8, 4) is 0 Å². The van der Waals surface area contributed by atoms with Crippen molar-refractivity contribution >= 4 is 23.6 Å². The first-order valence-electron chi connectivity index (χ1n) is 5.45. The number of imide groups is 1. The molecule has 0 unspecified atom stereocenters. The van der Waals surface area contributed by atoms with Crippen LogP contribution in [0.25, 0.3) is 0 Å². The minimum absolute atomic E-state index is 0.152. The summed E-state index contributed by atoms with van der Waals surface area (Å²) >= 11 is 0. The zero-order chi connectivity index (χ0) is 14.4. The van der Waals surface area contributed by atoms with Gasteiger partial charge in [0.05, 0.1) is 11.9 Å². The summed E-state index contributed by atoms with van der Waals surface area (Å²) in [7, 11) is 0. The Morgan fingerprint density at radius 2 is 2.05 bits per heavy atom. The number of carbonyl (C=O) groups excluding carboxylic acids is 2. The molecule has 0 aliphatic rings. The number of amides is 3. The summed E-state index contributed by atoms with van der Waals surface area (Å²) in [4.78, 5) is 32.7. The number of aromatic nitrogens is 2. The Morgan fingerprint density at radius 3 is 2.58 bits per heavy atom. The highest BCUT2D eigenvalue weighted by Crippen LogP contribution is 2.09. The molecule has 0 bridgehead atoms. The Morgan fingerprint density at radius 1 is 1.37 bits per heavy atom. The lowest BCUT2D eigenvalue weighted by atomic mass is 10.4. The van der Waals surface area contributed by atoms with Crippen molar-refractivity contribution in [2.45, 2.75) is 19.9 Å². The van der Waals surface area contributed by atoms with Gasteiger partial charge in [-0.05, 0) is 13.8 Å². The standard InChI is InChI=1S/C11H14N4O4/c1-7(2)15-6-8(5-12-15)13-11(19)14-9(16)3-4-10(17)18/h3-7H,1-2H3,(H,17,18)(H2,13,14,16,19)/b4-3+. The number of aliphatic carboxylic acids is 1. The minimum atomic E-state index is -1.27. The molecule has 0 spiro atoms. The topological polar surface area (TPSA) is 113 Å². The van der Waals surface area contributed by atoms with Crippen LogP contribution >= 0.6 is 0 Å². The predicted octanol–water partition coefficient (Wildman–Crippen LogP) is 0.753. The second-order valence-electron chi connectivity index (χ2n) is 3.92. The molecule has 0 aliphatic carbocycles. The lowest BCUT2D eigenvalue weighted by molar-refractivity contribution is -0.131. The van der Waals surface area contributed by atoms with Crippen molar-refractivity contribution in [3.63, 3.8) is 0 Å². The predicted molar refractivity (Wildman–Crippen MR) is 66.5 cm³/mol. The molecule has 1 heterocycles. The van der Waals surface area contributed by atoms with Gasteiger partial charge in [0.1, 0.15) is 0 Å². The van der Waals surface area contributed by atoms with Crippen molar-refractivity contribution in [1.29, 1.82) is 0 Å². The van der Waals surface area contributed by atoms with Crippen molar-refractivity contribution in [2.75, 3.05) is 5.32 Å². The van der Waals surface area contributed by atoms with Gasteiger partial charge >= 0.3 is 12.0 Å². The van der Waals surface area contributed by atoms with Gasteiger partial charge in [-0.15, -0.1) is 0 Å². The van der Waals surface area contributed by atoms with E-state index in [0.29, 0.717) is 11.8 Å². The van der Waals surface area contributed by atoms with Gasteiger partial charge in [0.15, 0.2) is 0 Å². The van der Waals surface area contributed by atoms with Gasteiger partial charge in [-0.2, -0.15) is 5.10 Å². The molecule has 102 valence electrons. The second-order valence-corrected chi connectivity index (χ2v) is 3.92. The van der Waals surface area contributed by atoms with E-state index in [2.05, 4.69) is 10.4 Å². The number of nitrogens with one attached hydrogen (secondary N) is 2. The number of carboxylic acid groups (broad SMARTS) is 1. The molecule has 1 aromatic heterocycles. The summed E-state index contributed by atoms with van der Waals surface area (Å²) in [5.74, 6) is -2.09. The van der Waals surface area contributed by atoms with E-state index < -0.39 is 17.9 Å². The molecule has 0 radical (unpaired) electrons. The minimum Gasteiger partial charge on any atom is -0.478 e. The van der Waals surface area contributed by atoms with E-state index in [9.17, 15) is 14.4 Å². The molecule has 0 aromatic carbocycles. The smallest absolute Gasteiger partial charge is 0.328 e. The SMILES string of the molecule is CC(C)n1cc(NC(=O)NC(=O)/C=C/C(=O)O)cn1. The number of hydrogen-bond donors (Lipinski definition) is 3. The summed E-state index contributed by atoms with van der Waals surface area (Å²) < 4.78 is 1.64. The van der Waals surface area contributed by atoms with E-state index in [4.69, 9.17) is 5.11 Å². The summed E-state index contributed by atoms with van der Waals surface area (Å²) in [6.07, 6.45) is 4.44. The molecule has 0 aliphatic heterocycles. The van der Waals surface area contributed by atoms with Crippen LogP contribution in [0.1, 0.15) is 19.9 Å². The fourth-order valence-electron chi connectivity index (χ4n) is 1.15. The monoisotopic (exact) mass is 266 g/mol. The van der Waals surface area contributed by atoms with Crippen LogP contribution in [-0.2, 0) is 9.59 Å². The average molecular weight is 266 g/mol. The van der Waals surface area contributed by atoms with Crippen molar-refractivity contribution in [1.82, 2.24) is 15.1 Å². The van der Waals surface area contributed by atoms with Gasteiger partial charge in [0.2, 0.25) is 0 Å². The molecule has 0 saturated carbocycles. The number of hydrogen-bond acceptors (Lipinski definition) is 4. The number of anilines is 1. The Kier molecular flexibility index (Phi) is 4.81. The first kappa shape index (κ1) is 14.4. The third-order valence-corrected chi connectivity index (χ3v) is 2.00. The van der Waals surface area contributed by atoms with Crippen LogP contribution < -0.4 is 10.6 Å². The van der Waals surface area contributed by atoms with Crippen LogP contribution in [0.2, 0.25) is 0 Å². The molecular weight excluding hydrogens is 252 g/mol. The highest BCUT2D eigenvalue weighted by atomic mass is 16.4. The number of carboxylic acids is 1. The molecule has 8 nitrogen and oxygen atoms in total. The molecule has 0 saturated heterocycles. The van der Waals surface area contributed by atoms with Crippen LogP contribution in [0.15, 0.2) is 24.5 Å². The molecule has 3 amide bonds. The Hall–Kier alpha value is -2.64. The maximum atomic E-state index is 11.4. The number of urea groups is 1. The lowest BCUT2D eigenvalue weighted by Crippen LogP contribution is -2.33. The van der Waals surface area contributed by atoms with Crippen molar-refractivity contribution in [2.24, 2.45) is 0 Å². The molecule has 19 heavy (non-hydrogen) atoms. The summed E-state index contributed by atoms with van der Waals surface area (Å²) in [5, 5.41) is 16.7. The molecule has 3 N–H and O–H groups in total. The van der Waals surface area contributed by atoms with Crippen LogP contribution in [0, 0.1) is 0 Å². The van der Waals surface area contributed by atoms with Crippen molar-refractivity contribution in [3.05, 3.63) is 24.5 Å². The summed E-state index contributed by atoms with van der Waals surface area (Å²) in [5.41, 5.74) is 0.432. The van der Waals surface area contributed by atoms with Gasteiger partial charge in [-0.3, -0.25) is 14.8 Å². The highest BCUT2D eigenvalue weighted by molar-refractivity contribution is 6.06. The van der Waals surface area contributed by atoms with Crippen LogP contribution in [0.3, 0.4) is 0 Å². The lowest BCUT2D eigenvalue weighted by Gasteiger charge is -2.04. The normalized spacial score (nSPS) is 10.7. The third kappa shape index (κ3) is 5.02. The number of carbonyl (C=O) groups is 3. The third-order valence-electron chi connectivity index (χ3n) is 2.00. The van der Waals surface area contributed by atoms with Gasteiger partial charge < -0.3 is 10.4 Å². The first-order chi connectivity index (χ1) is 8.88. The Bertz CT molecular complexity index is 519. The van der Waals surface area contributed by atoms with E-state index in [1.807, 2.05) is 19.2 Å². The van der Waals surface area contributed by atoms with Gasteiger partial charge in [-0.1, -0.05) is 0 Å². The molecule has 8 heteroatoms. The summed E-state index contributed by atoms with van der Waals surface area (Å²) in [6, 6.07) is -0.609. The van der Waals surface area contributed by atoms with Crippen molar-refractivity contribution < 1.29 is 19.5 Å². The van der Waals surface area contributed by atoms with Crippen LogP contribution in [-0.4, -0.2) is 32.8 Å². The van der Waals surface area contributed by atoms with Crippen LogP contribution in [0.4, 0.5) is 10.5 Å². The van der Waals surface area contributed by atoms with E-state index in [-0.39, 0.29) is 6.04 Å². The molecular formula is C11H14N4O4. The van der Waals surface area contributed by atoms with E-state index in [1.165, 1.54) is 6.20 Å². The largest absolute Gasteiger partial charge is 0.478 e. The molecule has 0 fully saturated rings. The Balaban J connectivity index is 2.50. The van der Waals surface area contributed by atoms with E-state index in [1.54, 1.807) is 10.9 Å². The van der Waals surface area contributed by atoms with E-state index in [0.717, 1.165) is 6.08 Å². The maximum Gasteiger partial charge on any atom is 0.328 e. The molecule has 1 aromatic rings. The average Bonchev–Trinajstić information content (AvgIpc) is 2.74. The second kappa shape index (κ2) is 6.34. The number of rotatable bonds is 4. The van der Waals surface area contributed by atoms with E-state index >= 15 is 0 Å². The summed E-state index contributed by atoms with van der Waals surface area (Å²) in [6.45, 7) is 3.86. The quantitative estimate of drug-likeness (QED) is 0.696. The fourth-order valence-corrected chi connectivity index (χ4v) is 1.15. The molecule has 1 rings (SSSR count). The zero-order valence-electron chi connectivity index (χ0n) is 10.5. The first-order valence-corrected chi connectivity index (χ1v) is 5.45.